The molecule has 19 heavy (non-hydrogen) atoms. The molecule has 2 aliphatic rings. The van der Waals surface area contributed by atoms with Crippen molar-refractivity contribution in [2.45, 2.75) is 58.4 Å². The van der Waals surface area contributed by atoms with Crippen molar-refractivity contribution in [2.24, 2.45) is 10.8 Å². The zero-order valence-corrected chi connectivity index (χ0v) is 12.0. The fraction of sp³-hybridized carbons (Fsp3) is 0.867. The normalized spacial score (nSPS) is 26.4. The standard InChI is InChI=1S/C15H24N2O2/c1-14(2)5-3-12(4-6-14)17-13(18)15(11-16)7-9-19-10-8-15/h12H,3-10H2,1-2H3,(H,17,18). The summed E-state index contributed by atoms with van der Waals surface area (Å²) in [5.41, 5.74) is -0.460. The molecule has 2 fully saturated rings. The molecule has 1 amide bonds. The first-order valence-electron chi connectivity index (χ1n) is 7.27. The van der Waals surface area contributed by atoms with Gasteiger partial charge in [0, 0.05) is 19.3 Å². The number of carbonyl (C=O) groups is 1. The molecule has 1 heterocycles. The molecule has 106 valence electrons. The van der Waals surface area contributed by atoms with Crippen LogP contribution in [0.1, 0.15) is 52.4 Å². The molecule has 0 bridgehead atoms. The van der Waals surface area contributed by atoms with Gasteiger partial charge in [-0.25, -0.2) is 0 Å². The van der Waals surface area contributed by atoms with Crippen LogP contribution in [-0.2, 0) is 9.53 Å². The van der Waals surface area contributed by atoms with Crippen molar-refractivity contribution in [3.8, 4) is 6.07 Å². The molecule has 4 nitrogen and oxygen atoms in total. The van der Waals surface area contributed by atoms with Crippen LogP contribution in [0.5, 0.6) is 0 Å². The van der Waals surface area contributed by atoms with Crippen LogP contribution >= 0.6 is 0 Å². The van der Waals surface area contributed by atoms with E-state index >= 15 is 0 Å². The summed E-state index contributed by atoms with van der Waals surface area (Å²) in [5.74, 6) is -0.0805. The van der Waals surface area contributed by atoms with Gasteiger partial charge < -0.3 is 10.1 Å². The zero-order valence-electron chi connectivity index (χ0n) is 12.0. The largest absolute Gasteiger partial charge is 0.381 e. The summed E-state index contributed by atoms with van der Waals surface area (Å²) in [4.78, 5) is 12.4. The summed E-state index contributed by atoms with van der Waals surface area (Å²) < 4.78 is 5.26. The van der Waals surface area contributed by atoms with Crippen LogP contribution in [-0.4, -0.2) is 25.2 Å². The zero-order chi connectivity index (χ0) is 13.9. The van der Waals surface area contributed by atoms with E-state index in [1.165, 1.54) is 0 Å². The first-order valence-corrected chi connectivity index (χ1v) is 7.27. The highest BCUT2D eigenvalue weighted by Crippen LogP contribution is 2.36. The van der Waals surface area contributed by atoms with Gasteiger partial charge in [-0.2, -0.15) is 5.26 Å². The predicted molar refractivity (Wildman–Crippen MR) is 72.3 cm³/mol. The molecule has 0 aromatic carbocycles. The minimum atomic E-state index is -0.856. The van der Waals surface area contributed by atoms with Gasteiger partial charge in [0.15, 0.2) is 0 Å². The molecule has 0 spiro atoms. The number of hydrogen-bond donors (Lipinski definition) is 1. The van der Waals surface area contributed by atoms with Crippen molar-refractivity contribution in [2.75, 3.05) is 13.2 Å². The Bertz CT molecular complexity index is 368. The predicted octanol–water partition coefficient (Wildman–Crippen LogP) is 2.39. The van der Waals surface area contributed by atoms with Crippen LogP contribution in [0.3, 0.4) is 0 Å². The Morgan fingerprint density at radius 1 is 1.21 bits per heavy atom. The quantitative estimate of drug-likeness (QED) is 0.833. The fourth-order valence-electron chi connectivity index (χ4n) is 2.98. The van der Waals surface area contributed by atoms with Crippen molar-refractivity contribution < 1.29 is 9.53 Å². The molecule has 2 rings (SSSR count). The Hall–Kier alpha value is -1.08. The minimum absolute atomic E-state index is 0.0805. The van der Waals surface area contributed by atoms with Crippen molar-refractivity contribution in [1.82, 2.24) is 5.32 Å². The van der Waals surface area contributed by atoms with Gasteiger partial charge in [0.1, 0.15) is 5.41 Å². The molecule has 1 aliphatic heterocycles. The van der Waals surface area contributed by atoms with E-state index in [1.54, 1.807) is 0 Å². The fourth-order valence-corrected chi connectivity index (χ4v) is 2.98. The van der Waals surface area contributed by atoms with Crippen LogP contribution in [0, 0.1) is 22.2 Å². The third-order valence-corrected chi connectivity index (χ3v) is 4.67. The van der Waals surface area contributed by atoms with E-state index in [2.05, 4.69) is 25.2 Å². The summed E-state index contributed by atoms with van der Waals surface area (Å²) in [7, 11) is 0. The smallest absolute Gasteiger partial charge is 0.240 e. The van der Waals surface area contributed by atoms with Gasteiger partial charge in [-0.05, 0) is 43.9 Å². The van der Waals surface area contributed by atoms with Gasteiger partial charge in [-0.3, -0.25) is 4.79 Å². The molecular weight excluding hydrogens is 240 g/mol. The average molecular weight is 264 g/mol. The van der Waals surface area contributed by atoms with Crippen molar-refractivity contribution in [3.05, 3.63) is 0 Å². The number of nitrogens with one attached hydrogen (secondary N) is 1. The molecule has 4 heteroatoms. The van der Waals surface area contributed by atoms with Gasteiger partial charge in [-0.1, -0.05) is 13.8 Å². The second-order valence-corrected chi connectivity index (χ2v) is 6.72. The van der Waals surface area contributed by atoms with E-state index in [0.717, 1.165) is 25.7 Å². The van der Waals surface area contributed by atoms with Gasteiger partial charge in [-0.15, -0.1) is 0 Å². The maximum atomic E-state index is 12.4. The molecule has 0 unspecified atom stereocenters. The molecule has 0 radical (unpaired) electrons. The monoisotopic (exact) mass is 264 g/mol. The molecular formula is C15H24N2O2. The molecule has 1 aliphatic carbocycles. The number of nitrogens with zero attached hydrogens (tertiary/aromatic N) is 1. The third kappa shape index (κ3) is 3.27. The summed E-state index contributed by atoms with van der Waals surface area (Å²) in [6.07, 6.45) is 5.37. The number of rotatable bonds is 2. The van der Waals surface area contributed by atoms with E-state index in [1.807, 2.05) is 0 Å². The SMILES string of the molecule is CC1(C)CCC(NC(=O)C2(C#N)CCOCC2)CC1. The number of nitriles is 1. The molecule has 0 aromatic heterocycles. The third-order valence-electron chi connectivity index (χ3n) is 4.67. The lowest BCUT2D eigenvalue weighted by Gasteiger charge is -2.37. The van der Waals surface area contributed by atoms with Crippen molar-refractivity contribution in [1.29, 1.82) is 5.26 Å². The molecule has 0 aromatic rings. The van der Waals surface area contributed by atoms with E-state index in [9.17, 15) is 10.1 Å². The number of carbonyl (C=O) groups excluding carboxylic acids is 1. The highest BCUT2D eigenvalue weighted by Gasteiger charge is 2.41. The Morgan fingerprint density at radius 2 is 1.79 bits per heavy atom. The highest BCUT2D eigenvalue weighted by atomic mass is 16.5. The Kier molecular flexibility index (Phi) is 4.15. The molecule has 0 atom stereocenters. The van der Waals surface area contributed by atoms with Gasteiger partial charge in [0.05, 0.1) is 6.07 Å². The second-order valence-electron chi connectivity index (χ2n) is 6.72. The number of amides is 1. The van der Waals surface area contributed by atoms with Crippen LogP contribution < -0.4 is 5.32 Å². The maximum absolute atomic E-state index is 12.4. The van der Waals surface area contributed by atoms with Gasteiger partial charge in [0.25, 0.3) is 0 Å². The van der Waals surface area contributed by atoms with E-state index in [0.29, 0.717) is 31.5 Å². The Morgan fingerprint density at radius 3 is 2.32 bits per heavy atom. The van der Waals surface area contributed by atoms with E-state index < -0.39 is 5.41 Å². The average Bonchev–Trinajstić information content (AvgIpc) is 2.42. The van der Waals surface area contributed by atoms with Crippen LogP contribution in [0.15, 0.2) is 0 Å². The number of ether oxygens (including phenoxy) is 1. The Labute approximate surface area is 115 Å². The van der Waals surface area contributed by atoms with Crippen molar-refractivity contribution >= 4 is 5.91 Å². The molecule has 1 saturated heterocycles. The van der Waals surface area contributed by atoms with E-state index in [-0.39, 0.29) is 11.9 Å². The second kappa shape index (κ2) is 5.50. The lowest BCUT2D eigenvalue weighted by atomic mass is 9.75. The molecule has 1 saturated carbocycles. The van der Waals surface area contributed by atoms with Crippen LogP contribution in [0.25, 0.3) is 0 Å². The topological polar surface area (TPSA) is 62.1 Å². The van der Waals surface area contributed by atoms with Crippen LogP contribution in [0.2, 0.25) is 0 Å². The summed E-state index contributed by atoms with van der Waals surface area (Å²) in [5, 5.41) is 12.5. The minimum Gasteiger partial charge on any atom is -0.381 e. The van der Waals surface area contributed by atoms with Crippen LogP contribution in [0.4, 0.5) is 0 Å². The highest BCUT2D eigenvalue weighted by molar-refractivity contribution is 5.85. The molecule has 1 N–H and O–H groups in total. The van der Waals surface area contributed by atoms with Crippen molar-refractivity contribution in [3.63, 3.8) is 0 Å². The summed E-state index contributed by atoms with van der Waals surface area (Å²) in [6, 6.07) is 2.48. The van der Waals surface area contributed by atoms with Gasteiger partial charge >= 0.3 is 0 Å². The lowest BCUT2D eigenvalue weighted by molar-refractivity contribution is -0.133. The Balaban J connectivity index is 1.92. The first kappa shape index (κ1) is 14.3. The van der Waals surface area contributed by atoms with Gasteiger partial charge in [0.2, 0.25) is 5.91 Å². The number of hydrogen-bond acceptors (Lipinski definition) is 3. The summed E-state index contributed by atoms with van der Waals surface area (Å²) in [6.45, 7) is 5.58. The summed E-state index contributed by atoms with van der Waals surface area (Å²) >= 11 is 0. The maximum Gasteiger partial charge on any atom is 0.240 e. The van der Waals surface area contributed by atoms with E-state index in [4.69, 9.17) is 4.74 Å². The lowest BCUT2D eigenvalue weighted by Crippen LogP contribution is -2.48. The first-order chi connectivity index (χ1) is 8.97.